The zero-order valence-corrected chi connectivity index (χ0v) is 17.4. The Morgan fingerprint density at radius 1 is 1.17 bits per heavy atom. The molecule has 0 aromatic heterocycles. The standard InChI is InChI=1S/C19H21FN2O7S/c1-4-21(5-2)30(26,27)15-7-8-17(20)16(11-15)19(23)29-12-13-10-14(22(24)25)6-9-18(13)28-3/h6-11H,4-5,12H2,1-3H3. The van der Waals surface area contributed by atoms with Crippen LogP contribution in [-0.4, -0.2) is 43.8 Å². The number of halogens is 1. The molecule has 0 radical (unpaired) electrons. The zero-order chi connectivity index (χ0) is 22.5. The molecule has 2 aromatic carbocycles. The lowest BCUT2D eigenvalue weighted by molar-refractivity contribution is -0.385. The van der Waals surface area contributed by atoms with Gasteiger partial charge in [-0.3, -0.25) is 10.1 Å². The molecular formula is C19H21FN2O7S. The van der Waals surface area contributed by atoms with Crippen molar-refractivity contribution in [3.05, 3.63) is 63.5 Å². The van der Waals surface area contributed by atoms with E-state index in [2.05, 4.69) is 0 Å². The summed E-state index contributed by atoms with van der Waals surface area (Å²) in [5.41, 5.74) is -0.597. The Labute approximate surface area is 173 Å². The van der Waals surface area contributed by atoms with Gasteiger partial charge in [-0.25, -0.2) is 17.6 Å². The molecule has 2 aromatic rings. The molecule has 0 unspecified atom stereocenters. The van der Waals surface area contributed by atoms with Gasteiger partial charge in [0.05, 0.1) is 22.5 Å². The quantitative estimate of drug-likeness (QED) is 0.334. The second-order valence-electron chi connectivity index (χ2n) is 6.06. The van der Waals surface area contributed by atoms with Gasteiger partial charge in [-0.15, -0.1) is 0 Å². The number of non-ortho nitro benzene ring substituents is 1. The third-order valence-electron chi connectivity index (χ3n) is 4.33. The normalized spacial score (nSPS) is 11.4. The lowest BCUT2D eigenvalue weighted by atomic mass is 10.2. The molecule has 0 saturated carbocycles. The van der Waals surface area contributed by atoms with E-state index in [1.807, 2.05) is 0 Å². The number of ether oxygens (including phenoxy) is 2. The Balaban J connectivity index is 2.30. The fourth-order valence-electron chi connectivity index (χ4n) is 2.75. The third-order valence-corrected chi connectivity index (χ3v) is 6.38. The fraction of sp³-hybridized carbons (Fsp3) is 0.316. The highest BCUT2D eigenvalue weighted by molar-refractivity contribution is 7.89. The number of sulfonamides is 1. The average Bonchev–Trinajstić information content (AvgIpc) is 2.72. The van der Waals surface area contributed by atoms with Crippen molar-refractivity contribution in [1.29, 1.82) is 0 Å². The SMILES string of the molecule is CCN(CC)S(=O)(=O)c1ccc(F)c(C(=O)OCc2cc([N+](=O)[O-])ccc2OC)c1. The minimum Gasteiger partial charge on any atom is -0.496 e. The van der Waals surface area contributed by atoms with Crippen LogP contribution in [0, 0.1) is 15.9 Å². The van der Waals surface area contributed by atoms with E-state index in [1.54, 1.807) is 13.8 Å². The first-order valence-corrected chi connectivity index (χ1v) is 10.4. The van der Waals surface area contributed by atoms with E-state index in [-0.39, 0.29) is 35.0 Å². The smallest absolute Gasteiger partial charge is 0.341 e. The number of benzene rings is 2. The molecule has 0 aliphatic heterocycles. The highest BCUT2D eigenvalue weighted by atomic mass is 32.2. The van der Waals surface area contributed by atoms with Crippen LogP contribution in [0.1, 0.15) is 29.8 Å². The van der Waals surface area contributed by atoms with Crippen molar-refractivity contribution < 1.29 is 32.0 Å². The summed E-state index contributed by atoms with van der Waals surface area (Å²) < 4.78 is 50.7. The van der Waals surface area contributed by atoms with Crippen LogP contribution in [0.2, 0.25) is 0 Å². The molecule has 0 N–H and O–H groups in total. The number of nitrogens with zero attached hydrogens (tertiary/aromatic N) is 2. The van der Waals surface area contributed by atoms with E-state index >= 15 is 0 Å². The Morgan fingerprint density at radius 3 is 2.40 bits per heavy atom. The maximum atomic E-state index is 14.2. The Hall–Kier alpha value is -3.05. The van der Waals surface area contributed by atoms with Gasteiger partial charge in [0.1, 0.15) is 18.2 Å². The molecule has 11 heteroatoms. The molecule has 0 saturated heterocycles. The van der Waals surface area contributed by atoms with Crippen molar-refractivity contribution in [3.63, 3.8) is 0 Å². The number of nitro groups is 1. The number of carbonyl (C=O) groups is 1. The second kappa shape index (κ2) is 9.63. The molecule has 0 fully saturated rings. The second-order valence-corrected chi connectivity index (χ2v) is 8.00. The van der Waals surface area contributed by atoms with Gasteiger partial charge in [-0.05, 0) is 24.3 Å². The maximum absolute atomic E-state index is 14.2. The van der Waals surface area contributed by atoms with E-state index in [4.69, 9.17) is 9.47 Å². The molecule has 0 aliphatic rings. The van der Waals surface area contributed by atoms with Crippen LogP contribution in [0.3, 0.4) is 0 Å². The summed E-state index contributed by atoms with van der Waals surface area (Å²) >= 11 is 0. The number of methoxy groups -OCH3 is 1. The monoisotopic (exact) mass is 440 g/mol. The number of nitro benzene ring substituents is 1. The highest BCUT2D eigenvalue weighted by Crippen LogP contribution is 2.26. The summed E-state index contributed by atoms with van der Waals surface area (Å²) in [7, 11) is -2.56. The van der Waals surface area contributed by atoms with Crippen molar-refractivity contribution in [1.82, 2.24) is 4.31 Å². The molecule has 0 bridgehead atoms. The molecule has 162 valence electrons. The largest absolute Gasteiger partial charge is 0.496 e. The van der Waals surface area contributed by atoms with Crippen molar-refractivity contribution in [2.45, 2.75) is 25.3 Å². The summed E-state index contributed by atoms with van der Waals surface area (Å²) in [6.07, 6.45) is 0. The van der Waals surface area contributed by atoms with Gasteiger partial charge in [0.25, 0.3) is 5.69 Å². The van der Waals surface area contributed by atoms with Gasteiger partial charge in [-0.2, -0.15) is 4.31 Å². The van der Waals surface area contributed by atoms with Crippen LogP contribution in [0.25, 0.3) is 0 Å². The summed E-state index contributed by atoms with van der Waals surface area (Å²) in [5, 5.41) is 10.9. The van der Waals surface area contributed by atoms with Crippen molar-refractivity contribution in [2.75, 3.05) is 20.2 Å². The molecule has 0 spiro atoms. The van der Waals surface area contributed by atoms with Gasteiger partial charge < -0.3 is 9.47 Å². The molecule has 0 amide bonds. The summed E-state index contributed by atoms with van der Waals surface area (Å²) in [4.78, 5) is 22.5. The number of hydrogen-bond donors (Lipinski definition) is 0. The molecular weight excluding hydrogens is 419 g/mol. The number of carbonyl (C=O) groups excluding carboxylic acids is 1. The van der Waals surface area contributed by atoms with E-state index in [0.29, 0.717) is 0 Å². The van der Waals surface area contributed by atoms with Gasteiger partial charge in [0.2, 0.25) is 10.0 Å². The Morgan fingerprint density at radius 2 is 1.83 bits per heavy atom. The van der Waals surface area contributed by atoms with Crippen LogP contribution < -0.4 is 4.74 Å². The topological polar surface area (TPSA) is 116 Å². The van der Waals surface area contributed by atoms with Crippen LogP contribution >= 0.6 is 0 Å². The summed E-state index contributed by atoms with van der Waals surface area (Å²) in [5.74, 6) is -1.83. The molecule has 9 nitrogen and oxygen atoms in total. The third kappa shape index (κ3) is 4.92. The van der Waals surface area contributed by atoms with E-state index in [1.165, 1.54) is 29.6 Å². The van der Waals surface area contributed by atoms with Gasteiger partial charge >= 0.3 is 5.97 Å². The van der Waals surface area contributed by atoms with Crippen LogP contribution in [0.15, 0.2) is 41.3 Å². The highest BCUT2D eigenvalue weighted by Gasteiger charge is 2.25. The van der Waals surface area contributed by atoms with E-state index in [9.17, 15) is 27.7 Å². The predicted molar refractivity (Wildman–Crippen MR) is 105 cm³/mol. The molecule has 0 atom stereocenters. The number of esters is 1. The van der Waals surface area contributed by atoms with Crippen molar-refractivity contribution in [2.24, 2.45) is 0 Å². The van der Waals surface area contributed by atoms with Crippen LogP contribution in [0.5, 0.6) is 5.75 Å². The average molecular weight is 440 g/mol. The number of hydrogen-bond acceptors (Lipinski definition) is 7. The maximum Gasteiger partial charge on any atom is 0.341 e. The summed E-state index contributed by atoms with van der Waals surface area (Å²) in [6.45, 7) is 3.31. The van der Waals surface area contributed by atoms with Crippen molar-refractivity contribution >= 4 is 21.7 Å². The Kier molecular flexibility index (Phi) is 7.46. The first-order valence-electron chi connectivity index (χ1n) is 8.93. The zero-order valence-electron chi connectivity index (χ0n) is 16.6. The lowest BCUT2D eigenvalue weighted by Gasteiger charge is -2.18. The Bertz CT molecular complexity index is 1050. The van der Waals surface area contributed by atoms with Gasteiger partial charge in [0, 0.05) is 30.8 Å². The molecule has 2 rings (SSSR count). The number of rotatable bonds is 9. The van der Waals surface area contributed by atoms with Gasteiger partial charge in [0.15, 0.2) is 0 Å². The molecule has 30 heavy (non-hydrogen) atoms. The first-order chi connectivity index (χ1) is 14.1. The van der Waals surface area contributed by atoms with Crippen molar-refractivity contribution in [3.8, 4) is 5.75 Å². The van der Waals surface area contributed by atoms with Crippen LogP contribution in [-0.2, 0) is 21.4 Å². The van der Waals surface area contributed by atoms with E-state index in [0.717, 1.165) is 18.2 Å². The van der Waals surface area contributed by atoms with Gasteiger partial charge in [-0.1, -0.05) is 13.8 Å². The molecule has 0 heterocycles. The minimum atomic E-state index is -3.90. The van der Waals surface area contributed by atoms with Crippen LogP contribution in [0.4, 0.5) is 10.1 Å². The summed E-state index contributed by atoms with van der Waals surface area (Å²) in [6, 6.07) is 6.61. The van der Waals surface area contributed by atoms with E-state index < -0.39 is 38.9 Å². The first kappa shape index (κ1) is 23.2. The molecule has 0 aliphatic carbocycles. The minimum absolute atomic E-state index is 0.201. The fourth-order valence-corrected chi connectivity index (χ4v) is 4.23. The predicted octanol–water partition coefficient (Wildman–Crippen LogP) is 3.13. The lowest BCUT2D eigenvalue weighted by Crippen LogP contribution is -2.30.